The third-order valence-corrected chi connectivity index (χ3v) is 4.51. The zero-order valence-corrected chi connectivity index (χ0v) is 15.6. The highest BCUT2D eigenvalue weighted by molar-refractivity contribution is 5.94. The Hall–Kier alpha value is -3.60. The van der Waals surface area contributed by atoms with Gasteiger partial charge in [-0.2, -0.15) is 0 Å². The summed E-state index contributed by atoms with van der Waals surface area (Å²) >= 11 is 0. The monoisotopic (exact) mass is 371 g/mol. The number of carbonyl (C=O) groups excluding carboxylic acids is 1. The van der Waals surface area contributed by atoms with E-state index in [1.807, 2.05) is 90.3 Å². The number of amides is 1. The summed E-state index contributed by atoms with van der Waals surface area (Å²) in [6, 6.07) is 23.1. The van der Waals surface area contributed by atoms with Crippen molar-refractivity contribution in [3.05, 3.63) is 95.9 Å². The fourth-order valence-corrected chi connectivity index (χ4v) is 3.10. The van der Waals surface area contributed by atoms with Gasteiger partial charge >= 0.3 is 0 Å². The predicted octanol–water partition coefficient (Wildman–Crippen LogP) is 4.62. The molecule has 4 aromatic rings. The molecular weight excluding hydrogens is 350 g/mol. The fourth-order valence-electron chi connectivity index (χ4n) is 3.10. The van der Waals surface area contributed by atoms with Crippen LogP contribution >= 0.6 is 0 Å². The minimum absolute atomic E-state index is 0.125. The van der Waals surface area contributed by atoms with Crippen LogP contribution in [0, 0.1) is 0 Å². The normalized spacial score (nSPS) is 10.8. The highest BCUT2D eigenvalue weighted by Crippen LogP contribution is 2.21. The van der Waals surface area contributed by atoms with E-state index in [9.17, 15) is 4.79 Å². The molecule has 1 amide bonds. The first kappa shape index (κ1) is 17.8. The van der Waals surface area contributed by atoms with E-state index in [0.29, 0.717) is 18.7 Å². The van der Waals surface area contributed by atoms with Crippen LogP contribution in [0.5, 0.6) is 11.5 Å². The van der Waals surface area contributed by atoms with Crippen molar-refractivity contribution < 1.29 is 9.53 Å². The zero-order chi connectivity index (χ0) is 19.3. The van der Waals surface area contributed by atoms with Crippen LogP contribution < -0.4 is 10.1 Å². The van der Waals surface area contributed by atoms with Gasteiger partial charge in [0, 0.05) is 12.7 Å². The number of para-hydroxylation sites is 1. The molecular formula is C23H21N3O2. The summed E-state index contributed by atoms with van der Waals surface area (Å²) < 4.78 is 7.64. The molecule has 0 aliphatic rings. The minimum Gasteiger partial charge on any atom is -0.457 e. The first-order valence-corrected chi connectivity index (χ1v) is 9.30. The van der Waals surface area contributed by atoms with Crippen LogP contribution in [0.15, 0.2) is 79.0 Å². The molecule has 5 nitrogen and oxygen atoms in total. The molecule has 0 saturated carbocycles. The Labute approximate surface area is 163 Å². The molecule has 0 aliphatic heterocycles. The van der Waals surface area contributed by atoms with Gasteiger partial charge in [0.25, 0.3) is 5.91 Å². The Balaban J connectivity index is 1.44. The molecule has 5 heteroatoms. The van der Waals surface area contributed by atoms with Gasteiger partial charge in [-0.15, -0.1) is 0 Å². The molecule has 2 aromatic carbocycles. The van der Waals surface area contributed by atoms with Gasteiger partial charge in [-0.3, -0.25) is 9.20 Å². The average molecular weight is 371 g/mol. The Morgan fingerprint density at radius 2 is 1.68 bits per heavy atom. The number of aromatic nitrogens is 2. The zero-order valence-electron chi connectivity index (χ0n) is 15.6. The number of imidazole rings is 1. The van der Waals surface area contributed by atoms with E-state index < -0.39 is 0 Å². The molecule has 0 fully saturated rings. The molecule has 0 saturated heterocycles. The summed E-state index contributed by atoms with van der Waals surface area (Å²) in [4.78, 5) is 17.3. The molecule has 28 heavy (non-hydrogen) atoms. The number of hydrogen-bond acceptors (Lipinski definition) is 3. The smallest absolute Gasteiger partial charge is 0.270 e. The SMILES string of the molecule is CCc1nc2ccccn2c1C(=O)NCc1ccc(Oc2ccccc2)cc1. The van der Waals surface area contributed by atoms with E-state index in [1.165, 1.54) is 0 Å². The van der Waals surface area contributed by atoms with Crippen LogP contribution in [0.4, 0.5) is 0 Å². The van der Waals surface area contributed by atoms with Crippen molar-refractivity contribution in [3.8, 4) is 11.5 Å². The van der Waals surface area contributed by atoms with Crippen molar-refractivity contribution in [2.45, 2.75) is 19.9 Å². The van der Waals surface area contributed by atoms with Crippen LogP contribution in [0.2, 0.25) is 0 Å². The van der Waals surface area contributed by atoms with Crippen molar-refractivity contribution in [2.24, 2.45) is 0 Å². The number of pyridine rings is 1. The maximum Gasteiger partial charge on any atom is 0.270 e. The second-order valence-corrected chi connectivity index (χ2v) is 6.43. The van der Waals surface area contributed by atoms with Crippen molar-refractivity contribution in [2.75, 3.05) is 0 Å². The molecule has 0 unspecified atom stereocenters. The van der Waals surface area contributed by atoms with Crippen LogP contribution in [0.3, 0.4) is 0 Å². The second kappa shape index (κ2) is 7.96. The number of carbonyl (C=O) groups is 1. The van der Waals surface area contributed by atoms with Gasteiger partial charge in [-0.25, -0.2) is 4.98 Å². The van der Waals surface area contributed by atoms with Gasteiger partial charge in [-0.05, 0) is 48.4 Å². The predicted molar refractivity (Wildman–Crippen MR) is 109 cm³/mol. The summed E-state index contributed by atoms with van der Waals surface area (Å²) in [6.45, 7) is 2.44. The molecule has 0 radical (unpaired) electrons. The number of ether oxygens (including phenoxy) is 1. The number of benzene rings is 2. The summed E-state index contributed by atoms with van der Waals surface area (Å²) in [5.41, 5.74) is 3.19. The molecule has 0 spiro atoms. The number of rotatable bonds is 6. The lowest BCUT2D eigenvalue weighted by Crippen LogP contribution is -2.25. The van der Waals surface area contributed by atoms with Crippen LogP contribution in [0.1, 0.15) is 28.7 Å². The number of nitrogens with one attached hydrogen (secondary N) is 1. The lowest BCUT2D eigenvalue weighted by atomic mass is 10.2. The maximum atomic E-state index is 12.8. The van der Waals surface area contributed by atoms with Gasteiger partial charge in [0.1, 0.15) is 22.8 Å². The first-order valence-electron chi connectivity index (χ1n) is 9.30. The second-order valence-electron chi connectivity index (χ2n) is 6.43. The van der Waals surface area contributed by atoms with E-state index in [2.05, 4.69) is 10.3 Å². The van der Waals surface area contributed by atoms with E-state index in [1.54, 1.807) is 0 Å². The Kier molecular flexibility index (Phi) is 5.06. The largest absolute Gasteiger partial charge is 0.457 e. The molecule has 140 valence electrons. The number of nitrogens with zero attached hydrogens (tertiary/aromatic N) is 2. The number of hydrogen-bond donors (Lipinski definition) is 1. The summed E-state index contributed by atoms with van der Waals surface area (Å²) in [5.74, 6) is 1.43. The van der Waals surface area contributed by atoms with Gasteiger partial charge in [-0.1, -0.05) is 43.3 Å². The highest BCUT2D eigenvalue weighted by Gasteiger charge is 2.17. The van der Waals surface area contributed by atoms with Crippen molar-refractivity contribution in [1.82, 2.24) is 14.7 Å². The van der Waals surface area contributed by atoms with Gasteiger partial charge in [0.15, 0.2) is 0 Å². The van der Waals surface area contributed by atoms with E-state index in [0.717, 1.165) is 28.4 Å². The van der Waals surface area contributed by atoms with Crippen molar-refractivity contribution >= 4 is 11.6 Å². The van der Waals surface area contributed by atoms with Gasteiger partial charge < -0.3 is 10.1 Å². The van der Waals surface area contributed by atoms with Crippen molar-refractivity contribution in [1.29, 1.82) is 0 Å². The third-order valence-electron chi connectivity index (χ3n) is 4.51. The van der Waals surface area contributed by atoms with E-state index >= 15 is 0 Å². The van der Waals surface area contributed by atoms with E-state index in [-0.39, 0.29) is 5.91 Å². The fraction of sp³-hybridized carbons (Fsp3) is 0.130. The minimum atomic E-state index is -0.125. The quantitative estimate of drug-likeness (QED) is 0.538. The standard InChI is InChI=1S/C23H21N3O2/c1-2-20-22(26-15-7-6-10-21(26)25-20)23(27)24-16-17-11-13-19(14-12-17)28-18-8-4-3-5-9-18/h3-15H,2,16H2,1H3,(H,24,27). The number of aryl methyl sites for hydroxylation is 1. The number of fused-ring (bicyclic) bond motifs is 1. The van der Waals surface area contributed by atoms with Crippen LogP contribution in [-0.2, 0) is 13.0 Å². The summed E-state index contributed by atoms with van der Waals surface area (Å²) in [7, 11) is 0. The Morgan fingerprint density at radius 3 is 2.43 bits per heavy atom. The highest BCUT2D eigenvalue weighted by atomic mass is 16.5. The van der Waals surface area contributed by atoms with Crippen LogP contribution in [-0.4, -0.2) is 15.3 Å². The lowest BCUT2D eigenvalue weighted by Gasteiger charge is -2.09. The maximum absolute atomic E-state index is 12.8. The molecule has 0 atom stereocenters. The van der Waals surface area contributed by atoms with Gasteiger partial charge in [0.05, 0.1) is 5.69 Å². The molecule has 4 rings (SSSR count). The first-order chi connectivity index (χ1) is 13.7. The van der Waals surface area contributed by atoms with Crippen LogP contribution in [0.25, 0.3) is 5.65 Å². The Bertz CT molecular complexity index is 1090. The summed E-state index contributed by atoms with van der Waals surface area (Å²) in [5, 5.41) is 3.00. The molecule has 2 aromatic heterocycles. The molecule has 1 N–H and O–H groups in total. The molecule has 0 bridgehead atoms. The van der Waals surface area contributed by atoms with E-state index in [4.69, 9.17) is 4.74 Å². The lowest BCUT2D eigenvalue weighted by molar-refractivity contribution is 0.0944. The molecule has 2 heterocycles. The third kappa shape index (κ3) is 3.74. The Morgan fingerprint density at radius 1 is 0.964 bits per heavy atom. The van der Waals surface area contributed by atoms with Crippen molar-refractivity contribution in [3.63, 3.8) is 0 Å². The average Bonchev–Trinajstić information content (AvgIpc) is 3.12. The summed E-state index contributed by atoms with van der Waals surface area (Å²) in [6.07, 6.45) is 2.57. The topological polar surface area (TPSA) is 55.6 Å². The van der Waals surface area contributed by atoms with Gasteiger partial charge in [0.2, 0.25) is 0 Å². The molecule has 0 aliphatic carbocycles.